The van der Waals surface area contributed by atoms with Gasteiger partial charge in [-0.15, -0.1) is 21.5 Å². The van der Waals surface area contributed by atoms with E-state index in [0.717, 1.165) is 18.8 Å². The normalized spacial score (nSPS) is 12.9. The van der Waals surface area contributed by atoms with Crippen LogP contribution in [-0.4, -0.2) is 21.3 Å². The highest BCUT2D eigenvalue weighted by Crippen LogP contribution is 2.10. The molecule has 86 valence electrons. The van der Waals surface area contributed by atoms with Gasteiger partial charge in [0, 0.05) is 18.5 Å². The fourth-order valence-electron chi connectivity index (χ4n) is 1.64. The maximum atomic E-state index is 4.08. The third-order valence-electron chi connectivity index (χ3n) is 2.54. The molecule has 0 fully saturated rings. The van der Waals surface area contributed by atoms with Crippen LogP contribution in [-0.2, 0) is 13.5 Å². The first-order chi connectivity index (χ1) is 7.77. The van der Waals surface area contributed by atoms with Crippen LogP contribution in [0.2, 0.25) is 0 Å². The van der Waals surface area contributed by atoms with Gasteiger partial charge in [0.05, 0.1) is 6.04 Å². The Morgan fingerprint density at radius 1 is 1.56 bits per heavy atom. The summed E-state index contributed by atoms with van der Waals surface area (Å²) in [5, 5.41) is 13.5. The molecule has 0 aliphatic heterocycles. The van der Waals surface area contributed by atoms with Crippen molar-refractivity contribution in [1.82, 2.24) is 20.1 Å². The van der Waals surface area contributed by atoms with Crippen LogP contribution in [0.4, 0.5) is 0 Å². The van der Waals surface area contributed by atoms with Crippen LogP contribution in [0.5, 0.6) is 0 Å². The van der Waals surface area contributed by atoms with Crippen LogP contribution < -0.4 is 5.32 Å². The minimum Gasteiger partial charge on any atom is -0.319 e. The van der Waals surface area contributed by atoms with Crippen molar-refractivity contribution >= 4 is 11.3 Å². The number of hydrogen-bond donors (Lipinski definition) is 1. The van der Waals surface area contributed by atoms with Gasteiger partial charge in [-0.3, -0.25) is 0 Å². The Hall–Kier alpha value is -1.20. The Balaban J connectivity index is 1.80. The maximum absolute atomic E-state index is 4.08. The van der Waals surface area contributed by atoms with Crippen molar-refractivity contribution in [3.8, 4) is 0 Å². The number of rotatable bonds is 5. The molecule has 0 saturated carbocycles. The molecule has 0 aliphatic carbocycles. The number of aryl methyl sites for hydroxylation is 1. The number of nitrogens with zero attached hydrogens (tertiary/aromatic N) is 3. The fourth-order valence-corrected chi connectivity index (χ4v) is 2.35. The first-order valence-electron chi connectivity index (χ1n) is 5.37. The molecule has 2 heterocycles. The third kappa shape index (κ3) is 2.68. The number of nitrogens with one attached hydrogen (secondary N) is 1. The van der Waals surface area contributed by atoms with Gasteiger partial charge in [0.25, 0.3) is 0 Å². The van der Waals surface area contributed by atoms with Gasteiger partial charge in [-0.25, -0.2) is 0 Å². The standard InChI is InChI=1S/C11H16N4S/c1-9(11-14-13-8-15(11)2)12-6-5-10-4-3-7-16-10/h3-4,7-9,12H,5-6H2,1-2H3. The van der Waals surface area contributed by atoms with Crippen molar-refractivity contribution < 1.29 is 0 Å². The average molecular weight is 236 g/mol. The van der Waals surface area contributed by atoms with Gasteiger partial charge in [0.2, 0.25) is 0 Å². The molecule has 2 rings (SSSR count). The van der Waals surface area contributed by atoms with Crippen LogP contribution >= 0.6 is 11.3 Å². The van der Waals surface area contributed by atoms with Crippen molar-refractivity contribution in [3.05, 3.63) is 34.5 Å². The van der Waals surface area contributed by atoms with Gasteiger partial charge in [0.15, 0.2) is 0 Å². The van der Waals surface area contributed by atoms with Gasteiger partial charge in [-0.2, -0.15) is 0 Å². The lowest BCUT2D eigenvalue weighted by atomic mass is 10.3. The first-order valence-corrected chi connectivity index (χ1v) is 6.25. The molecule has 1 unspecified atom stereocenters. The average Bonchev–Trinajstić information content (AvgIpc) is 2.88. The molecule has 2 aromatic rings. The summed E-state index contributed by atoms with van der Waals surface area (Å²) < 4.78 is 1.95. The van der Waals surface area contributed by atoms with E-state index in [2.05, 4.69) is 40.0 Å². The zero-order valence-corrected chi connectivity index (χ0v) is 10.4. The maximum Gasteiger partial charge on any atom is 0.149 e. The van der Waals surface area contributed by atoms with E-state index >= 15 is 0 Å². The summed E-state index contributed by atoms with van der Waals surface area (Å²) in [7, 11) is 1.97. The highest BCUT2D eigenvalue weighted by molar-refractivity contribution is 7.09. The summed E-state index contributed by atoms with van der Waals surface area (Å²) in [6.07, 6.45) is 2.80. The smallest absolute Gasteiger partial charge is 0.149 e. The minimum atomic E-state index is 0.243. The molecule has 0 aromatic carbocycles. The van der Waals surface area contributed by atoms with Gasteiger partial charge in [-0.05, 0) is 24.8 Å². The monoisotopic (exact) mass is 236 g/mol. The number of aromatic nitrogens is 3. The topological polar surface area (TPSA) is 42.7 Å². The summed E-state index contributed by atoms with van der Waals surface area (Å²) >= 11 is 1.80. The predicted molar refractivity (Wildman–Crippen MR) is 65.4 cm³/mol. The van der Waals surface area contributed by atoms with Gasteiger partial charge in [-0.1, -0.05) is 6.07 Å². The van der Waals surface area contributed by atoms with Crippen molar-refractivity contribution in [2.45, 2.75) is 19.4 Å². The van der Waals surface area contributed by atoms with E-state index in [1.54, 1.807) is 17.7 Å². The van der Waals surface area contributed by atoms with Crippen LogP contribution in [0.1, 0.15) is 23.7 Å². The van der Waals surface area contributed by atoms with Gasteiger partial charge >= 0.3 is 0 Å². The van der Waals surface area contributed by atoms with Crippen LogP contribution in [0.3, 0.4) is 0 Å². The Morgan fingerprint density at radius 2 is 2.44 bits per heavy atom. The Labute approximate surface area is 99.3 Å². The summed E-state index contributed by atoms with van der Waals surface area (Å²) in [5.74, 6) is 0.978. The molecule has 4 nitrogen and oxygen atoms in total. The Kier molecular flexibility index (Phi) is 3.69. The summed E-state index contributed by atoms with van der Waals surface area (Å²) in [6, 6.07) is 4.50. The molecule has 0 radical (unpaired) electrons. The summed E-state index contributed by atoms with van der Waals surface area (Å²) in [4.78, 5) is 1.41. The highest BCUT2D eigenvalue weighted by Gasteiger charge is 2.09. The van der Waals surface area contributed by atoms with Crippen LogP contribution in [0.25, 0.3) is 0 Å². The molecule has 0 bridgehead atoms. The highest BCUT2D eigenvalue weighted by atomic mass is 32.1. The quantitative estimate of drug-likeness (QED) is 0.860. The summed E-state index contributed by atoms with van der Waals surface area (Å²) in [5.41, 5.74) is 0. The molecule has 0 amide bonds. The van der Waals surface area contributed by atoms with Crippen molar-refractivity contribution in [2.24, 2.45) is 7.05 Å². The summed E-state index contributed by atoms with van der Waals surface area (Å²) in [6.45, 7) is 3.08. The van der Waals surface area contributed by atoms with Crippen LogP contribution in [0, 0.1) is 0 Å². The Bertz CT molecular complexity index is 421. The lowest BCUT2D eigenvalue weighted by Crippen LogP contribution is -2.23. The second-order valence-electron chi connectivity index (χ2n) is 3.81. The number of thiophene rings is 1. The second kappa shape index (κ2) is 5.23. The zero-order valence-electron chi connectivity index (χ0n) is 9.55. The minimum absolute atomic E-state index is 0.243. The van der Waals surface area contributed by atoms with Crippen molar-refractivity contribution in [1.29, 1.82) is 0 Å². The zero-order chi connectivity index (χ0) is 11.4. The molecule has 1 atom stereocenters. The SMILES string of the molecule is CC(NCCc1cccs1)c1nncn1C. The van der Waals surface area contributed by atoms with E-state index < -0.39 is 0 Å². The van der Waals surface area contributed by atoms with Gasteiger partial charge in [0.1, 0.15) is 12.2 Å². The lowest BCUT2D eigenvalue weighted by molar-refractivity contribution is 0.533. The second-order valence-corrected chi connectivity index (χ2v) is 4.84. The molecular formula is C11H16N4S. The van der Waals surface area contributed by atoms with E-state index in [9.17, 15) is 0 Å². The lowest BCUT2D eigenvalue weighted by Gasteiger charge is -2.12. The molecule has 0 spiro atoms. The molecule has 0 aliphatic rings. The molecule has 5 heteroatoms. The van der Waals surface area contributed by atoms with Crippen molar-refractivity contribution in [2.75, 3.05) is 6.54 Å². The predicted octanol–water partition coefficient (Wildman–Crippen LogP) is 1.77. The molecule has 0 saturated heterocycles. The van der Waals surface area contributed by atoms with E-state index in [4.69, 9.17) is 0 Å². The van der Waals surface area contributed by atoms with E-state index in [-0.39, 0.29) is 6.04 Å². The van der Waals surface area contributed by atoms with E-state index in [1.807, 2.05) is 11.6 Å². The largest absolute Gasteiger partial charge is 0.319 e. The molecular weight excluding hydrogens is 220 g/mol. The van der Waals surface area contributed by atoms with E-state index in [0.29, 0.717) is 0 Å². The van der Waals surface area contributed by atoms with Crippen LogP contribution in [0.15, 0.2) is 23.8 Å². The molecule has 2 aromatic heterocycles. The number of hydrogen-bond acceptors (Lipinski definition) is 4. The fraction of sp³-hybridized carbons (Fsp3) is 0.455. The Morgan fingerprint density at radius 3 is 3.06 bits per heavy atom. The first kappa shape index (κ1) is 11.3. The van der Waals surface area contributed by atoms with Crippen molar-refractivity contribution in [3.63, 3.8) is 0 Å². The van der Waals surface area contributed by atoms with Gasteiger partial charge < -0.3 is 9.88 Å². The third-order valence-corrected chi connectivity index (χ3v) is 3.47. The molecule has 16 heavy (non-hydrogen) atoms. The molecule has 1 N–H and O–H groups in total. The van der Waals surface area contributed by atoms with E-state index in [1.165, 1.54) is 4.88 Å².